The fourth-order valence-electron chi connectivity index (χ4n) is 0.913. The van der Waals surface area contributed by atoms with Gasteiger partial charge >= 0.3 is 5.97 Å². The van der Waals surface area contributed by atoms with Crippen molar-refractivity contribution in [1.82, 2.24) is 5.32 Å². The number of hydrogen-bond acceptors (Lipinski definition) is 3. The van der Waals surface area contributed by atoms with Crippen LogP contribution in [0.3, 0.4) is 0 Å². The van der Waals surface area contributed by atoms with Gasteiger partial charge in [0.05, 0.1) is 6.26 Å². The first-order chi connectivity index (χ1) is 6.11. The third-order valence-electron chi connectivity index (χ3n) is 1.42. The normalized spacial score (nSPS) is 12.1. The van der Waals surface area contributed by atoms with E-state index in [-0.39, 0.29) is 5.76 Å². The molecule has 1 aromatic heterocycles. The highest BCUT2D eigenvalue weighted by molar-refractivity contribution is 5.82. The van der Waals surface area contributed by atoms with Gasteiger partial charge in [0.2, 0.25) is 5.91 Å². The standard InChI is InChI=1S/C8H9NO4/c1-5(10)9-7(8(11)12)6-3-2-4-13-6/h2-4,7H,1H3,(H,9,10)(H,11,12)/t7-/m1/s1. The van der Waals surface area contributed by atoms with Crippen molar-refractivity contribution in [3.05, 3.63) is 24.2 Å². The van der Waals surface area contributed by atoms with Crippen LogP contribution in [0.15, 0.2) is 22.8 Å². The third kappa shape index (κ3) is 2.33. The molecule has 1 rings (SSSR count). The summed E-state index contributed by atoms with van der Waals surface area (Å²) in [7, 11) is 0. The second-order valence-corrected chi connectivity index (χ2v) is 2.49. The SMILES string of the molecule is CC(=O)N[C@@H](C(=O)O)c1ccco1. The molecule has 5 heteroatoms. The number of carbonyl (C=O) groups excluding carboxylic acids is 1. The second kappa shape index (κ2) is 3.75. The molecular formula is C8H9NO4. The Morgan fingerprint density at radius 2 is 2.31 bits per heavy atom. The lowest BCUT2D eigenvalue weighted by Gasteiger charge is -2.09. The van der Waals surface area contributed by atoms with E-state index in [4.69, 9.17) is 9.52 Å². The molecule has 0 saturated carbocycles. The Bertz CT molecular complexity index is 304. The van der Waals surface area contributed by atoms with E-state index >= 15 is 0 Å². The first-order valence-electron chi connectivity index (χ1n) is 3.64. The maximum atomic E-state index is 10.7. The van der Waals surface area contributed by atoms with E-state index in [1.807, 2.05) is 0 Å². The van der Waals surface area contributed by atoms with Crippen molar-refractivity contribution in [2.75, 3.05) is 0 Å². The number of rotatable bonds is 3. The van der Waals surface area contributed by atoms with Crippen LogP contribution in [-0.2, 0) is 9.59 Å². The van der Waals surface area contributed by atoms with Crippen LogP contribution < -0.4 is 5.32 Å². The summed E-state index contributed by atoms with van der Waals surface area (Å²) in [6, 6.07) is 1.95. The van der Waals surface area contributed by atoms with E-state index in [1.54, 1.807) is 6.07 Å². The number of amides is 1. The summed E-state index contributed by atoms with van der Waals surface area (Å²) >= 11 is 0. The summed E-state index contributed by atoms with van der Waals surface area (Å²) in [4.78, 5) is 21.3. The van der Waals surface area contributed by atoms with Gasteiger partial charge < -0.3 is 14.8 Å². The number of furan rings is 1. The van der Waals surface area contributed by atoms with Gasteiger partial charge in [-0.05, 0) is 12.1 Å². The van der Waals surface area contributed by atoms with Crippen LogP contribution in [0.4, 0.5) is 0 Å². The Hall–Kier alpha value is -1.78. The average Bonchev–Trinajstić information content (AvgIpc) is 2.50. The summed E-state index contributed by atoms with van der Waals surface area (Å²) in [5.74, 6) is -1.35. The van der Waals surface area contributed by atoms with Gasteiger partial charge in [0.25, 0.3) is 0 Å². The molecule has 0 bridgehead atoms. The molecule has 0 aromatic carbocycles. The Labute approximate surface area is 74.4 Å². The van der Waals surface area contributed by atoms with E-state index in [2.05, 4.69) is 5.32 Å². The molecule has 0 spiro atoms. The highest BCUT2D eigenvalue weighted by atomic mass is 16.4. The van der Waals surface area contributed by atoms with E-state index in [0.29, 0.717) is 0 Å². The minimum absolute atomic E-state index is 0.211. The Kier molecular flexibility index (Phi) is 2.69. The van der Waals surface area contributed by atoms with E-state index < -0.39 is 17.9 Å². The zero-order valence-corrected chi connectivity index (χ0v) is 6.98. The molecule has 0 saturated heterocycles. The van der Waals surface area contributed by atoms with Crippen molar-refractivity contribution in [3.63, 3.8) is 0 Å². The Morgan fingerprint density at radius 3 is 2.69 bits per heavy atom. The van der Waals surface area contributed by atoms with Crippen LogP contribution >= 0.6 is 0 Å². The van der Waals surface area contributed by atoms with Crippen molar-refractivity contribution in [1.29, 1.82) is 0 Å². The van der Waals surface area contributed by atoms with Crippen LogP contribution in [-0.4, -0.2) is 17.0 Å². The summed E-state index contributed by atoms with van der Waals surface area (Å²) in [6.45, 7) is 1.25. The molecule has 1 aromatic rings. The maximum absolute atomic E-state index is 10.7. The number of carbonyl (C=O) groups is 2. The van der Waals surface area contributed by atoms with E-state index in [9.17, 15) is 9.59 Å². The number of aliphatic carboxylic acids is 1. The Balaban J connectivity index is 2.81. The quantitative estimate of drug-likeness (QED) is 0.716. The van der Waals surface area contributed by atoms with Gasteiger partial charge in [0, 0.05) is 6.92 Å². The van der Waals surface area contributed by atoms with Crippen LogP contribution in [0, 0.1) is 0 Å². The largest absolute Gasteiger partial charge is 0.479 e. The summed E-state index contributed by atoms with van der Waals surface area (Å²) in [5, 5.41) is 11.0. The Morgan fingerprint density at radius 1 is 1.62 bits per heavy atom. The zero-order valence-electron chi connectivity index (χ0n) is 6.98. The second-order valence-electron chi connectivity index (χ2n) is 2.49. The van der Waals surface area contributed by atoms with Gasteiger partial charge in [0.1, 0.15) is 5.76 Å². The van der Waals surface area contributed by atoms with Crippen molar-refractivity contribution in [2.45, 2.75) is 13.0 Å². The van der Waals surface area contributed by atoms with Gasteiger partial charge in [-0.2, -0.15) is 0 Å². The third-order valence-corrected chi connectivity index (χ3v) is 1.42. The number of nitrogens with one attached hydrogen (secondary N) is 1. The first kappa shape index (κ1) is 9.31. The predicted octanol–water partition coefficient (Wildman–Crippen LogP) is 0.541. The van der Waals surface area contributed by atoms with Gasteiger partial charge in [-0.15, -0.1) is 0 Å². The molecule has 5 nitrogen and oxygen atoms in total. The van der Waals surface area contributed by atoms with Gasteiger partial charge in [0.15, 0.2) is 6.04 Å². The smallest absolute Gasteiger partial charge is 0.334 e. The molecule has 0 radical (unpaired) electrons. The number of hydrogen-bond donors (Lipinski definition) is 2. The lowest BCUT2D eigenvalue weighted by Crippen LogP contribution is -2.31. The molecule has 70 valence electrons. The molecule has 0 aliphatic carbocycles. The predicted molar refractivity (Wildman–Crippen MR) is 42.9 cm³/mol. The fourth-order valence-corrected chi connectivity index (χ4v) is 0.913. The molecule has 1 heterocycles. The van der Waals surface area contributed by atoms with Gasteiger partial charge in [-0.3, -0.25) is 4.79 Å². The first-order valence-corrected chi connectivity index (χ1v) is 3.64. The minimum Gasteiger partial charge on any atom is -0.479 e. The van der Waals surface area contributed by atoms with Crippen molar-refractivity contribution in [3.8, 4) is 0 Å². The van der Waals surface area contributed by atoms with Crippen LogP contribution in [0.2, 0.25) is 0 Å². The lowest BCUT2D eigenvalue weighted by molar-refractivity contribution is -0.142. The summed E-state index contributed by atoms with van der Waals surface area (Å²) < 4.78 is 4.86. The van der Waals surface area contributed by atoms with Crippen molar-refractivity contribution < 1.29 is 19.1 Å². The average molecular weight is 183 g/mol. The summed E-state index contributed by atoms with van der Waals surface area (Å²) in [6.07, 6.45) is 1.35. The molecule has 1 amide bonds. The molecular weight excluding hydrogens is 174 g/mol. The molecule has 0 aliphatic rings. The van der Waals surface area contributed by atoms with E-state index in [0.717, 1.165) is 0 Å². The van der Waals surface area contributed by atoms with Gasteiger partial charge in [-0.25, -0.2) is 4.79 Å². The molecule has 1 atom stereocenters. The van der Waals surface area contributed by atoms with Crippen LogP contribution in [0.5, 0.6) is 0 Å². The number of carboxylic acids is 1. The molecule has 2 N–H and O–H groups in total. The van der Waals surface area contributed by atoms with Crippen LogP contribution in [0.25, 0.3) is 0 Å². The van der Waals surface area contributed by atoms with Crippen LogP contribution in [0.1, 0.15) is 18.7 Å². The van der Waals surface area contributed by atoms with Crippen molar-refractivity contribution >= 4 is 11.9 Å². The van der Waals surface area contributed by atoms with E-state index in [1.165, 1.54) is 19.3 Å². The monoisotopic (exact) mass is 183 g/mol. The molecule has 0 fully saturated rings. The fraction of sp³-hybridized carbons (Fsp3) is 0.250. The molecule has 13 heavy (non-hydrogen) atoms. The maximum Gasteiger partial charge on any atom is 0.334 e. The topological polar surface area (TPSA) is 79.5 Å². The highest BCUT2D eigenvalue weighted by Gasteiger charge is 2.22. The minimum atomic E-state index is -1.15. The molecule has 0 aliphatic heterocycles. The highest BCUT2D eigenvalue weighted by Crippen LogP contribution is 2.13. The number of carboxylic acid groups (broad SMARTS) is 1. The zero-order chi connectivity index (χ0) is 9.84. The molecule has 0 unspecified atom stereocenters. The van der Waals surface area contributed by atoms with Gasteiger partial charge in [-0.1, -0.05) is 0 Å². The van der Waals surface area contributed by atoms with Crippen molar-refractivity contribution in [2.24, 2.45) is 0 Å². The summed E-state index contributed by atoms with van der Waals surface area (Å²) in [5.41, 5.74) is 0. The lowest BCUT2D eigenvalue weighted by atomic mass is 10.2.